The van der Waals surface area contributed by atoms with Crippen molar-refractivity contribution in [2.75, 3.05) is 0 Å². The fraction of sp³-hybridized carbons (Fsp3) is 0.348. The van der Waals surface area contributed by atoms with E-state index in [0.29, 0.717) is 11.7 Å². The standard InChI is InChI=1S/C23H25FN4O2/c1-14-11-15(2)27-23(26-14)30-20-9-7-19(8-10-20)28-22(29)21-12-17(13-25-21)16-3-5-18(24)6-4-16/h3-6,11-13,19-20,25H,7-10H2,1-2H3,(H,28,29). The summed E-state index contributed by atoms with van der Waals surface area (Å²) in [7, 11) is 0. The van der Waals surface area contributed by atoms with Gasteiger partial charge in [-0.1, -0.05) is 12.1 Å². The van der Waals surface area contributed by atoms with Gasteiger partial charge in [-0.15, -0.1) is 0 Å². The number of aromatic amines is 1. The number of nitrogens with one attached hydrogen (secondary N) is 2. The van der Waals surface area contributed by atoms with Crippen LogP contribution in [-0.4, -0.2) is 33.0 Å². The van der Waals surface area contributed by atoms with Gasteiger partial charge in [0.1, 0.15) is 17.6 Å². The van der Waals surface area contributed by atoms with E-state index in [1.807, 2.05) is 19.9 Å². The minimum absolute atomic E-state index is 0.0647. The molecule has 0 aliphatic heterocycles. The van der Waals surface area contributed by atoms with Gasteiger partial charge in [0.2, 0.25) is 0 Å². The Bertz CT molecular complexity index is 1000. The van der Waals surface area contributed by atoms with Crippen LogP contribution in [0.2, 0.25) is 0 Å². The molecule has 0 saturated heterocycles. The predicted molar refractivity (Wildman–Crippen MR) is 112 cm³/mol. The molecule has 2 aromatic heterocycles. The first-order valence-corrected chi connectivity index (χ1v) is 10.2. The van der Waals surface area contributed by atoms with Gasteiger partial charge in [-0.2, -0.15) is 0 Å². The summed E-state index contributed by atoms with van der Waals surface area (Å²) in [5.41, 5.74) is 3.99. The van der Waals surface area contributed by atoms with Gasteiger partial charge in [-0.05, 0) is 74.9 Å². The number of benzene rings is 1. The highest BCUT2D eigenvalue weighted by Gasteiger charge is 2.25. The Morgan fingerprint density at radius 3 is 2.37 bits per heavy atom. The molecular formula is C23H25FN4O2. The first-order chi connectivity index (χ1) is 14.5. The fourth-order valence-electron chi connectivity index (χ4n) is 3.82. The van der Waals surface area contributed by atoms with E-state index in [1.54, 1.807) is 24.4 Å². The number of rotatable bonds is 5. The summed E-state index contributed by atoms with van der Waals surface area (Å²) >= 11 is 0. The van der Waals surface area contributed by atoms with Crippen molar-refractivity contribution in [1.82, 2.24) is 20.3 Å². The summed E-state index contributed by atoms with van der Waals surface area (Å²) in [5, 5.41) is 3.09. The van der Waals surface area contributed by atoms with E-state index in [0.717, 1.165) is 48.2 Å². The maximum atomic E-state index is 13.1. The number of aromatic nitrogens is 3. The van der Waals surface area contributed by atoms with Gasteiger partial charge in [0.15, 0.2) is 0 Å². The molecule has 1 aromatic carbocycles. The number of hydrogen-bond acceptors (Lipinski definition) is 4. The van der Waals surface area contributed by atoms with Gasteiger partial charge in [0.25, 0.3) is 5.91 Å². The number of halogens is 1. The van der Waals surface area contributed by atoms with Crippen LogP contribution < -0.4 is 10.1 Å². The van der Waals surface area contributed by atoms with E-state index >= 15 is 0 Å². The zero-order valence-electron chi connectivity index (χ0n) is 17.1. The molecular weight excluding hydrogens is 383 g/mol. The molecule has 1 aliphatic carbocycles. The molecule has 30 heavy (non-hydrogen) atoms. The quantitative estimate of drug-likeness (QED) is 0.658. The smallest absolute Gasteiger partial charge is 0.317 e. The van der Waals surface area contributed by atoms with Crippen LogP contribution in [0.5, 0.6) is 6.01 Å². The summed E-state index contributed by atoms with van der Waals surface area (Å²) in [5.74, 6) is -0.415. The van der Waals surface area contributed by atoms with Crippen molar-refractivity contribution in [2.24, 2.45) is 0 Å². The first-order valence-electron chi connectivity index (χ1n) is 10.2. The Balaban J connectivity index is 1.29. The molecule has 156 valence electrons. The number of hydrogen-bond donors (Lipinski definition) is 2. The normalized spacial score (nSPS) is 18.8. The average Bonchev–Trinajstić information content (AvgIpc) is 3.20. The maximum Gasteiger partial charge on any atom is 0.317 e. The SMILES string of the molecule is Cc1cc(C)nc(OC2CCC(NC(=O)c3cc(-c4ccc(F)cc4)c[nH]3)CC2)n1. The summed E-state index contributed by atoms with van der Waals surface area (Å²) < 4.78 is 19.0. The third-order valence-corrected chi connectivity index (χ3v) is 5.35. The Morgan fingerprint density at radius 2 is 1.70 bits per heavy atom. The monoisotopic (exact) mass is 408 g/mol. The molecule has 0 unspecified atom stereocenters. The van der Waals surface area contributed by atoms with Crippen LogP contribution in [0.15, 0.2) is 42.6 Å². The number of H-pyrrole nitrogens is 1. The van der Waals surface area contributed by atoms with Crippen molar-refractivity contribution < 1.29 is 13.9 Å². The maximum absolute atomic E-state index is 13.1. The van der Waals surface area contributed by atoms with Crippen LogP contribution in [0.4, 0.5) is 4.39 Å². The van der Waals surface area contributed by atoms with Crippen molar-refractivity contribution in [3.63, 3.8) is 0 Å². The highest BCUT2D eigenvalue weighted by atomic mass is 19.1. The molecule has 1 aliphatic rings. The molecule has 4 rings (SSSR count). The van der Waals surface area contributed by atoms with E-state index < -0.39 is 0 Å². The molecule has 3 aromatic rings. The molecule has 0 spiro atoms. The molecule has 0 bridgehead atoms. The highest BCUT2D eigenvalue weighted by molar-refractivity contribution is 5.94. The van der Waals surface area contributed by atoms with Crippen LogP contribution >= 0.6 is 0 Å². The largest absolute Gasteiger partial charge is 0.460 e. The summed E-state index contributed by atoms with van der Waals surface area (Å²) in [6.45, 7) is 3.85. The Labute approximate surface area is 174 Å². The second-order valence-electron chi connectivity index (χ2n) is 7.81. The lowest BCUT2D eigenvalue weighted by Crippen LogP contribution is -2.40. The second kappa shape index (κ2) is 8.65. The van der Waals surface area contributed by atoms with Gasteiger partial charge < -0.3 is 15.0 Å². The first kappa shape index (κ1) is 20.1. The lowest BCUT2D eigenvalue weighted by molar-refractivity contribution is 0.0880. The van der Waals surface area contributed by atoms with Crippen LogP contribution in [0.25, 0.3) is 11.1 Å². The zero-order valence-corrected chi connectivity index (χ0v) is 17.1. The van der Waals surface area contributed by atoms with Crippen molar-refractivity contribution >= 4 is 5.91 Å². The average molecular weight is 408 g/mol. The van der Waals surface area contributed by atoms with Crippen LogP contribution in [-0.2, 0) is 0 Å². The number of amides is 1. The number of aryl methyl sites for hydroxylation is 2. The van der Waals surface area contributed by atoms with Crippen molar-refractivity contribution in [2.45, 2.75) is 51.7 Å². The van der Waals surface area contributed by atoms with E-state index in [1.165, 1.54) is 12.1 Å². The highest BCUT2D eigenvalue weighted by Crippen LogP contribution is 2.24. The van der Waals surface area contributed by atoms with E-state index in [9.17, 15) is 9.18 Å². The van der Waals surface area contributed by atoms with Crippen molar-refractivity contribution in [3.8, 4) is 17.1 Å². The lowest BCUT2D eigenvalue weighted by Gasteiger charge is -2.28. The molecule has 1 amide bonds. The molecule has 0 atom stereocenters. The fourth-order valence-corrected chi connectivity index (χ4v) is 3.82. The van der Waals surface area contributed by atoms with Crippen molar-refractivity contribution in [1.29, 1.82) is 0 Å². The van der Waals surface area contributed by atoms with E-state index in [4.69, 9.17) is 4.74 Å². The van der Waals surface area contributed by atoms with Gasteiger partial charge in [0.05, 0.1) is 0 Å². The number of carbonyl (C=O) groups excluding carboxylic acids is 1. The summed E-state index contributed by atoms with van der Waals surface area (Å²) in [4.78, 5) is 24.3. The van der Waals surface area contributed by atoms with Crippen LogP contribution in [0, 0.1) is 19.7 Å². The predicted octanol–water partition coefficient (Wildman–Crippen LogP) is 4.35. The molecule has 1 saturated carbocycles. The molecule has 2 N–H and O–H groups in total. The third kappa shape index (κ3) is 4.84. The minimum Gasteiger partial charge on any atom is -0.460 e. The Hall–Kier alpha value is -3.22. The Kier molecular flexibility index (Phi) is 5.79. The summed E-state index contributed by atoms with van der Waals surface area (Å²) in [6.07, 6.45) is 5.19. The van der Waals surface area contributed by atoms with Crippen LogP contribution in [0.3, 0.4) is 0 Å². The van der Waals surface area contributed by atoms with Gasteiger partial charge >= 0.3 is 6.01 Å². The van der Waals surface area contributed by atoms with Gasteiger partial charge in [-0.3, -0.25) is 4.79 Å². The zero-order chi connectivity index (χ0) is 21.1. The van der Waals surface area contributed by atoms with Crippen molar-refractivity contribution in [3.05, 3.63) is 65.5 Å². The summed E-state index contributed by atoms with van der Waals surface area (Å²) in [6, 6.07) is 10.4. The second-order valence-corrected chi connectivity index (χ2v) is 7.81. The lowest BCUT2D eigenvalue weighted by atomic mass is 9.93. The van der Waals surface area contributed by atoms with Gasteiger partial charge in [0, 0.05) is 23.6 Å². The number of ether oxygens (including phenoxy) is 1. The van der Waals surface area contributed by atoms with Crippen LogP contribution in [0.1, 0.15) is 47.6 Å². The number of nitrogens with zero attached hydrogens (tertiary/aromatic N) is 2. The topological polar surface area (TPSA) is 79.9 Å². The third-order valence-electron chi connectivity index (χ3n) is 5.35. The van der Waals surface area contributed by atoms with E-state index in [2.05, 4.69) is 20.3 Å². The molecule has 6 nitrogen and oxygen atoms in total. The minimum atomic E-state index is -0.282. The Morgan fingerprint density at radius 1 is 1.03 bits per heavy atom. The van der Waals surface area contributed by atoms with E-state index in [-0.39, 0.29) is 23.9 Å². The molecule has 7 heteroatoms. The molecule has 0 radical (unpaired) electrons. The van der Waals surface area contributed by atoms with Gasteiger partial charge in [-0.25, -0.2) is 14.4 Å². The molecule has 1 fully saturated rings. The number of carbonyl (C=O) groups is 1. The molecule has 2 heterocycles.